The minimum Gasteiger partial charge on any atom is -0.382 e. The second-order valence-electron chi connectivity index (χ2n) is 6.46. The third kappa shape index (κ3) is 3.69. The number of hydrogen-bond acceptors (Lipinski definition) is 6. The molecule has 0 amide bonds. The van der Waals surface area contributed by atoms with Gasteiger partial charge in [-0.15, -0.1) is 0 Å². The average Bonchev–Trinajstić information content (AvgIpc) is 2.74. The Labute approximate surface area is 166 Å². The molecule has 2 heterocycles. The van der Waals surface area contributed by atoms with E-state index in [1.54, 1.807) is 12.3 Å². The topological polar surface area (TPSA) is 101 Å². The molecule has 6 nitrogen and oxygen atoms in total. The molecule has 7 heteroatoms. The molecule has 0 atom stereocenters. The molecule has 0 radical (unpaired) electrons. The van der Waals surface area contributed by atoms with E-state index in [0.717, 1.165) is 22.1 Å². The molecule has 4 rings (SSSR count). The second-order valence-corrected chi connectivity index (χ2v) is 6.46. The van der Waals surface area contributed by atoms with Gasteiger partial charge in [-0.1, -0.05) is 30.3 Å². The van der Waals surface area contributed by atoms with Gasteiger partial charge >= 0.3 is 0 Å². The smallest absolute Gasteiger partial charge is 0.149 e. The van der Waals surface area contributed by atoms with E-state index in [9.17, 15) is 9.65 Å². The van der Waals surface area contributed by atoms with Crippen LogP contribution in [0.1, 0.15) is 11.1 Å². The van der Waals surface area contributed by atoms with Crippen LogP contribution < -0.4 is 11.1 Å². The Bertz CT molecular complexity index is 1220. The molecule has 0 saturated heterocycles. The lowest BCUT2D eigenvalue weighted by Crippen LogP contribution is -2.10. The van der Waals surface area contributed by atoms with Crippen LogP contribution >= 0.6 is 0 Å². The maximum atomic E-state index is 13.7. The highest BCUT2D eigenvalue weighted by Gasteiger charge is 2.13. The molecule has 0 aliphatic rings. The summed E-state index contributed by atoms with van der Waals surface area (Å²) < 4.78 is 13.7. The number of fused-ring (bicyclic) bond motifs is 1. The molecule has 0 saturated carbocycles. The third-order valence-corrected chi connectivity index (χ3v) is 4.65. The van der Waals surface area contributed by atoms with Crippen LogP contribution in [-0.4, -0.2) is 21.5 Å². The van der Waals surface area contributed by atoms with Crippen molar-refractivity contribution in [3.05, 3.63) is 78.0 Å². The van der Waals surface area contributed by atoms with Crippen molar-refractivity contribution in [3.8, 4) is 17.2 Å². The van der Waals surface area contributed by atoms with E-state index in [0.29, 0.717) is 24.3 Å². The zero-order valence-electron chi connectivity index (χ0n) is 15.4. The summed E-state index contributed by atoms with van der Waals surface area (Å²) in [5.74, 6) is 0.227. The molecule has 0 unspecified atom stereocenters. The Morgan fingerprint density at radius 2 is 1.90 bits per heavy atom. The number of hydrogen-bond donors (Lipinski definition) is 2. The lowest BCUT2D eigenvalue weighted by Gasteiger charge is -2.14. The van der Waals surface area contributed by atoms with E-state index in [4.69, 9.17) is 5.73 Å². The van der Waals surface area contributed by atoms with Gasteiger partial charge in [0, 0.05) is 24.2 Å². The first kappa shape index (κ1) is 18.3. The predicted octanol–water partition coefficient (Wildman–Crippen LogP) is 3.94. The molecule has 2 aromatic heterocycles. The van der Waals surface area contributed by atoms with Crippen LogP contribution in [0, 0.1) is 17.1 Å². The van der Waals surface area contributed by atoms with Gasteiger partial charge < -0.3 is 11.1 Å². The minimum absolute atomic E-state index is 0.143. The van der Waals surface area contributed by atoms with Gasteiger partial charge in [-0.05, 0) is 35.2 Å². The summed E-state index contributed by atoms with van der Waals surface area (Å²) in [6.07, 6.45) is 3.71. The molecule has 4 aromatic rings. The first-order chi connectivity index (χ1) is 14.2. The van der Waals surface area contributed by atoms with Crippen LogP contribution in [0.3, 0.4) is 0 Å². The van der Waals surface area contributed by atoms with Crippen molar-refractivity contribution in [1.29, 1.82) is 5.26 Å². The monoisotopic (exact) mass is 384 g/mol. The standard InChI is InChI=1S/C22H17FN6/c23-16-6-7-17-19(10-16)27-12-15(20(17)14-4-2-1-3-5-14)8-9-26-22-18(11-24)21(25)28-13-29-22/h1-7,10,12-13H,8-9H2,(H3,25,26,28,29). The number of aromatic nitrogens is 3. The predicted molar refractivity (Wildman–Crippen MR) is 110 cm³/mol. The third-order valence-electron chi connectivity index (χ3n) is 4.65. The van der Waals surface area contributed by atoms with Gasteiger partial charge in [0.2, 0.25) is 0 Å². The molecular weight excluding hydrogens is 367 g/mol. The molecule has 0 fully saturated rings. The molecule has 3 N–H and O–H groups in total. The molecule has 0 aliphatic heterocycles. The van der Waals surface area contributed by atoms with E-state index in [2.05, 4.69) is 20.3 Å². The summed E-state index contributed by atoms with van der Waals surface area (Å²) in [4.78, 5) is 12.4. The molecule has 0 aliphatic carbocycles. The fraction of sp³-hybridized carbons (Fsp3) is 0.0909. The zero-order chi connectivity index (χ0) is 20.2. The summed E-state index contributed by atoms with van der Waals surface area (Å²) in [5.41, 5.74) is 9.62. The number of nitrogens with two attached hydrogens (primary N) is 1. The van der Waals surface area contributed by atoms with E-state index in [1.807, 2.05) is 36.4 Å². The van der Waals surface area contributed by atoms with Crippen molar-refractivity contribution < 1.29 is 4.39 Å². The minimum atomic E-state index is -0.316. The number of nitrogen functional groups attached to an aromatic ring is 1. The lowest BCUT2D eigenvalue weighted by molar-refractivity contribution is 0.629. The number of rotatable bonds is 5. The first-order valence-corrected chi connectivity index (χ1v) is 9.04. The van der Waals surface area contributed by atoms with Crippen LogP contribution in [0.2, 0.25) is 0 Å². The Morgan fingerprint density at radius 1 is 1.07 bits per heavy atom. The highest BCUT2D eigenvalue weighted by Crippen LogP contribution is 2.31. The molecule has 142 valence electrons. The van der Waals surface area contributed by atoms with Crippen LogP contribution in [0.4, 0.5) is 16.0 Å². The molecule has 29 heavy (non-hydrogen) atoms. The van der Waals surface area contributed by atoms with E-state index in [1.165, 1.54) is 18.5 Å². The normalized spacial score (nSPS) is 10.6. The lowest BCUT2D eigenvalue weighted by atomic mass is 9.95. The molecule has 0 spiro atoms. The summed E-state index contributed by atoms with van der Waals surface area (Å²) in [6.45, 7) is 0.513. The highest BCUT2D eigenvalue weighted by molar-refractivity contribution is 5.96. The fourth-order valence-corrected chi connectivity index (χ4v) is 3.30. The Hall–Kier alpha value is -4.05. The van der Waals surface area contributed by atoms with Crippen LogP contribution in [0.5, 0.6) is 0 Å². The van der Waals surface area contributed by atoms with E-state index < -0.39 is 0 Å². The number of halogens is 1. The average molecular weight is 384 g/mol. The molecular formula is C22H17FN6. The van der Waals surface area contributed by atoms with Crippen LogP contribution in [-0.2, 0) is 6.42 Å². The fourth-order valence-electron chi connectivity index (χ4n) is 3.30. The van der Waals surface area contributed by atoms with Crippen molar-refractivity contribution in [1.82, 2.24) is 15.0 Å². The zero-order valence-corrected chi connectivity index (χ0v) is 15.4. The van der Waals surface area contributed by atoms with E-state index in [-0.39, 0.29) is 17.2 Å². The summed E-state index contributed by atoms with van der Waals surface area (Å²) >= 11 is 0. The summed E-state index contributed by atoms with van der Waals surface area (Å²) in [7, 11) is 0. The highest BCUT2D eigenvalue weighted by atomic mass is 19.1. The van der Waals surface area contributed by atoms with Crippen molar-refractivity contribution in [2.24, 2.45) is 0 Å². The van der Waals surface area contributed by atoms with Gasteiger partial charge in [0.15, 0.2) is 0 Å². The Kier molecular flexibility index (Phi) is 4.99. The number of anilines is 2. The van der Waals surface area contributed by atoms with Crippen LogP contribution in [0.15, 0.2) is 61.1 Å². The van der Waals surface area contributed by atoms with Crippen molar-refractivity contribution >= 4 is 22.5 Å². The van der Waals surface area contributed by atoms with Gasteiger partial charge in [0.05, 0.1) is 5.52 Å². The maximum absolute atomic E-state index is 13.7. The van der Waals surface area contributed by atoms with Crippen LogP contribution in [0.25, 0.3) is 22.0 Å². The number of benzene rings is 2. The van der Waals surface area contributed by atoms with Crippen molar-refractivity contribution in [2.45, 2.75) is 6.42 Å². The quantitative estimate of drug-likeness (QED) is 0.541. The number of nitrogens with one attached hydrogen (secondary N) is 1. The van der Waals surface area contributed by atoms with Crippen molar-refractivity contribution in [3.63, 3.8) is 0 Å². The van der Waals surface area contributed by atoms with Gasteiger partial charge in [0.1, 0.15) is 35.4 Å². The summed E-state index contributed by atoms with van der Waals surface area (Å²) in [6, 6.07) is 16.6. The first-order valence-electron chi connectivity index (χ1n) is 9.04. The number of nitrogens with zero attached hydrogens (tertiary/aromatic N) is 4. The van der Waals surface area contributed by atoms with Gasteiger partial charge in [0.25, 0.3) is 0 Å². The maximum Gasteiger partial charge on any atom is 0.149 e. The molecule has 2 aromatic carbocycles. The van der Waals surface area contributed by atoms with Gasteiger partial charge in [-0.2, -0.15) is 5.26 Å². The van der Waals surface area contributed by atoms with E-state index >= 15 is 0 Å². The molecule has 0 bridgehead atoms. The Balaban J connectivity index is 1.68. The number of nitriles is 1. The van der Waals surface area contributed by atoms with Gasteiger partial charge in [-0.3, -0.25) is 4.98 Å². The Morgan fingerprint density at radius 3 is 2.69 bits per heavy atom. The SMILES string of the molecule is N#Cc1c(N)ncnc1NCCc1cnc2cc(F)ccc2c1-c1ccccc1. The number of pyridine rings is 1. The van der Waals surface area contributed by atoms with Gasteiger partial charge in [-0.25, -0.2) is 14.4 Å². The summed E-state index contributed by atoms with van der Waals surface area (Å²) in [5, 5.41) is 13.3. The largest absolute Gasteiger partial charge is 0.382 e. The second kappa shape index (κ2) is 7.90. The van der Waals surface area contributed by atoms with Crippen molar-refractivity contribution in [2.75, 3.05) is 17.6 Å².